The Morgan fingerprint density at radius 3 is 2.10 bits per heavy atom. The summed E-state index contributed by atoms with van der Waals surface area (Å²) < 4.78 is 48.1. The lowest BCUT2D eigenvalue weighted by Gasteiger charge is -2.50. The Labute approximate surface area is 405 Å². The molecule has 18 nitrogen and oxygen atoms in total. The highest BCUT2D eigenvalue weighted by Gasteiger charge is 2.57. The number of ether oxygens (including phenoxy) is 2. The number of guanidine groups is 1. The number of Topliss-reactive ketones (excluding diaryl/α,β-unsaturated/α-hetero) is 1. The first-order valence-corrected chi connectivity index (χ1v) is 24.5. The standard InChI is InChI=1S/C49H56N8O10S2/c1-47(2,3)66-46(60)52-25-15-24-51-44(50)56-30-33-22-23-38(28-34(33)31-56)64-26-27-65-55-42(41(58)29-39-43(59)57(48(39,4)5)67-69(61,62)63)40-32-68-45(53-40)54-49(35-16-9-6-10-17-35,36-18-11-7-12-19-36)37-20-13-8-14-21-37/h6-14,16-23,28,32,39H,15,24-27,29-31H2,1-5H3,(H2,50,51)(H,52,60)(H,53,54)(H,61,62,63)/b55-42-/t39-/m1/s1. The molecule has 2 amide bonds. The van der Waals surface area contributed by atoms with Crippen LogP contribution in [-0.4, -0.2) is 94.8 Å². The van der Waals surface area contributed by atoms with E-state index in [-0.39, 0.29) is 24.6 Å². The molecule has 364 valence electrons. The number of carbonyl (C=O) groups is 3. The second kappa shape index (κ2) is 21.2. The number of ketones is 1. The fourth-order valence-electron chi connectivity index (χ4n) is 8.08. The van der Waals surface area contributed by atoms with Crippen LogP contribution >= 0.6 is 11.3 Å². The van der Waals surface area contributed by atoms with Crippen molar-refractivity contribution in [3.05, 3.63) is 148 Å². The fourth-order valence-corrected chi connectivity index (χ4v) is 9.28. The number of benzene rings is 4. The Balaban J connectivity index is 1.05. The van der Waals surface area contributed by atoms with Crippen LogP contribution in [0.4, 0.5) is 9.93 Å². The number of rotatable bonds is 20. The molecule has 20 heteroatoms. The van der Waals surface area contributed by atoms with E-state index in [1.807, 2.05) is 114 Å². The second-order valence-electron chi connectivity index (χ2n) is 17.9. The Morgan fingerprint density at radius 2 is 1.52 bits per heavy atom. The summed E-state index contributed by atoms with van der Waals surface area (Å²) in [7, 11) is -5.01. The maximum Gasteiger partial charge on any atom is 0.418 e. The number of anilines is 1. The molecule has 0 aliphatic carbocycles. The van der Waals surface area contributed by atoms with Gasteiger partial charge >= 0.3 is 16.5 Å². The van der Waals surface area contributed by atoms with Crippen LogP contribution in [-0.2, 0) is 52.5 Å². The number of hydroxylamine groups is 2. The molecule has 0 bridgehead atoms. The van der Waals surface area contributed by atoms with E-state index in [0.717, 1.165) is 27.8 Å². The van der Waals surface area contributed by atoms with Gasteiger partial charge in [-0.15, -0.1) is 15.6 Å². The smallest absolute Gasteiger partial charge is 0.418 e. The molecule has 1 atom stereocenters. The van der Waals surface area contributed by atoms with Crippen LogP contribution in [0, 0.1) is 5.92 Å². The molecule has 5 aromatic rings. The molecule has 0 unspecified atom stereocenters. The van der Waals surface area contributed by atoms with Crippen molar-refractivity contribution in [1.82, 2.24) is 20.3 Å². The summed E-state index contributed by atoms with van der Waals surface area (Å²) in [6.45, 7) is 10.4. The lowest BCUT2D eigenvalue weighted by Crippen LogP contribution is -2.68. The van der Waals surface area contributed by atoms with Gasteiger partial charge in [0.15, 0.2) is 29.2 Å². The predicted molar refractivity (Wildman–Crippen MR) is 261 cm³/mol. The van der Waals surface area contributed by atoms with E-state index in [9.17, 15) is 27.4 Å². The molecule has 1 saturated heterocycles. The molecule has 3 heterocycles. The fraction of sp³-hybridized carbons (Fsp3) is 0.347. The minimum atomic E-state index is -5.01. The van der Waals surface area contributed by atoms with Gasteiger partial charge in [-0.1, -0.05) is 102 Å². The molecule has 2 aliphatic heterocycles. The van der Waals surface area contributed by atoms with Crippen molar-refractivity contribution in [2.24, 2.45) is 21.8 Å². The number of aromatic nitrogens is 1. The van der Waals surface area contributed by atoms with Crippen LogP contribution in [0.3, 0.4) is 0 Å². The number of thiazole rings is 1. The molecule has 1 fully saturated rings. The molecule has 1 aromatic heterocycles. The third-order valence-corrected chi connectivity index (χ3v) is 12.6. The molecular formula is C49H56N8O10S2. The summed E-state index contributed by atoms with van der Waals surface area (Å²) in [5.41, 5.74) is 8.45. The minimum absolute atomic E-state index is 0.0576. The highest BCUT2D eigenvalue weighted by Crippen LogP contribution is 2.42. The summed E-state index contributed by atoms with van der Waals surface area (Å²) in [6.07, 6.45) is -0.285. The van der Waals surface area contributed by atoms with Gasteiger partial charge in [0.05, 0.1) is 11.5 Å². The number of hydrogen-bond donors (Lipinski definition) is 4. The summed E-state index contributed by atoms with van der Waals surface area (Å²) >= 11 is 1.25. The molecule has 2 aliphatic rings. The van der Waals surface area contributed by atoms with Crippen LogP contribution in [0.15, 0.2) is 125 Å². The van der Waals surface area contributed by atoms with E-state index in [1.165, 1.54) is 25.2 Å². The summed E-state index contributed by atoms with van der Waals surface area (Å²) in [4.78, 5) is 56.3. The van der Waals surface area contributed by atoms with E-state index in [1.54, 1.807) is 26.2 Å². The molecule has 0 radical (unpaired) electrons. The van der Waals surface area contributed by atoms with Crippen LogP contribution < -0.4 is 21.1 Å². The van der Waals surface area contributed by atoms with Gasteiger partial charge in [-0.05, 0) is 81.0 Å². The van der Waals surface area contributed by atoms with Gasteiger partial charge in [-0.3, -0.25) is 19.1 Å². The number of β-lactam (4-membered cyclic amide) rings is 1. The van der Waals surface area contributed by atoms with Crippen LogP contribution in [0.2, 0.25) is 0 Å². The van der Waals surface area contributed by atoms with Crippen molar-refractivity contribution < 1.29 is 45.9 Å². The normalized spacial score (nSPS) is 16.1. The van der Waals surface area contributed by atoms with E-state index in [0.29, 0.717) is 54.5 Å². The predicted octanol–water partition coefficient (Wildman–Crippen LogP) is 6.82. The highest BCUT2D eigenvalue weighted by molar-refractivity contribution is 7.80. The van der Waals surface area contributed by atoms with Gasteiger partial charge < -0.3 is 35.6 Å². The van der Waals surface area contributed by atoms with Crippen molar-refractivity contribution in [3.8, 4) is 5.75 Å². The molecule has 0 spiro atoms. The van der Waals surface area contributed by atoms with E-state index >= 15 is 0 Å². The Hall–Kier alpha value is -6.87. The number of nitrogens with one attached hydrogen (secondary N) is 2. The van der Waals surface area contributed by atoms with Crippen LogP contribution in [0.1, 0.15) is 81.0 Å². The van der Waals surface area contributed by atoms with Gasteiger partial charge in [0.1, 0.15) is 29.2 Å². The quantitative estimate of drug-likeness (QED) is 0.0119. The largest absolute Gasteiger partial charge is 0.490 e. The molecular weight excluding hydrogens is 925 g/mol. The highest BCUT2D eigenvalue weighted by atomic mass is 32.3. The van der Waals surface area contributed by atoms with Gasteiger partial charge in [0.2, 0.25) is 0 Å². The number of aliphatic imine (C=N–C) groups is 1. The maximum atomic E-state index is 14.2. The first kappa shape index (κ1) is 50.0. The number of amides is 2. The van der Waals surface area contributed by atoms with Crippen molar-refractivity contribution >= 4 is 56.3 Å². The maximum absolute atomic E-state index is 14.2. The van der Waals surface area contributed by atoms with Crippen molar-refractivity contribution in [2.45, 2.75) is 77.2 Å². The SMILES string of the molecule is CC(C)(C)OC(=O)NCCCN=C(N)N1Cc2ccc(OCCO/N=C(\C(=O)C[C@@H]3C(=O)N(OS(=O)(=O)O)C3(C)C)c3csc(NC(c4ccccc4)(c4ccccc4)c4ccccc4)n3)cc2C1. The first-order chi connectivity index (χ1) is 32.8. The van der Waals surface area contributed by atoms with E-state index < -0.39 is 57.2 Å². The zero-order valence-corrected chi connectivity index (χ0v) is 40.6. The number of hydrogen-bond acceptors (Lipinski definition) is 14. The number of oxime groups is 1. The third-order valence-electron chi connectivity index (χ3n) is 11.5. The first-order valence-electron chi connectivity index (χ1n) is 22.3. The lowest BCUT2D eigenvalue weighted by molar-refractivity contribution is -0.228. The van der Waals surface area contributed by atoms with E-state index in [2.05, 4.69) is 25.1 Å². The Kier molecular flexibility index (Phi) is 15.4. The summed E-state index contributed by atoms with van der Waals surface area (Å²) in [5.74, 6) is -1.46. The number of nitrogens with two attached hydrogens (primary N) is 1. The zero-order chi connectivity index (χ0) is 49.4. The van der Waals surface area contributed by atoms with Crippen molar-refractivity contribution in [3.63, 3.8) is 0 Å². The number of alkyl carbamates (subject to hydrolysis) is 1. The molecule has 69 heavy (non-hydrogen) atoms. The van der Waals surface area contributed by atoms with Crippen molar-refractivity contribution in [1.29, 1.82) is 0 Å². The molecule has 4 aromatic carbocycles. The number of carbonyl (C=O) groups excluding carboxylic acids is 3. The monoisotopic (exact) mass is 980 g/mol. The van der Waals surface area contributed by atoms with Gasteiger partial charge in [0, 0.05) is 38.0 Å². The number of nitrogens with zero attached hydrogens (tertiary/aromatic N) is 5. The Bertz CT molecular complexity index is 2690. The Morgan fingerprint density at radius 1 is 0.913 bits per heavy atom. The minimum Gasteiger partial charge on any atom is -0.490 e. The van der Waals surface area contributed by atoms with Crippen LogP contribution in [0.25, 0.3) is 0 Å². The second-order valence-corrected chi connectivity index (χ2v) is 19.8. The van der Waals surface area contributed by atoms with E-state index in [4.69, 9.17) is 25.0 Å². The molecule has 7 rings (SSSR count). The molecule has 0 saturated carbocycles. The topological polar surface area (TPSA) is 237 Å². The lowest BCUT2D eigenvalue weighted by atomic mass is 9.74. The zero-order valence-electron chi connectivity index (χ0n) is 39.0. The molecule has 5 N–H and O–H groups in total. The van der Waals surface area contributed by atoms with Gasteiger partial charge in [-0.25, -0.2) is 9.78 Å². The third kappa shape index (κ3) is 12.2. The summed E-state index contributed by atoms with van der Waals surface area (Å²) in [6, 6.07) is 35.5. The van der Waals surface area contributed by atoms with Crippen molar-refractivity contribution in [2.75, 3.05) is 31.6 Å². The average Bonchev–Trinajstić information content (AvgIpc) is 3.97. The summed E-state index contributed by atoms with van der Waals surface area (Å²) in [5, 5.41) is 13.3. The van der Waals surface area contributed by atoms with Crippen LogP contribution in [0.5, 0.6) is 5.75 Å². The number of fused-ring (bicyclic) bond motifs is 1. The van der Waals surface area contributed by atoms with Gasteiger partial charge in [-0.2, -0.15) is 13.5 Å². The van der Waals surface area contributed by atoms with Gasteiger partial charge in [0.25, 0.3) is 5.91 Å². The average molecular weight is 981 g/mol.